The summed E-state index contributed by atoms with van der Waals surface area (Å²) >= 11 is 0. The van der Waals surface area contributed by atoms with E-state index in [2.05, 4.69) is 52.6 Å². The number of aromatic amines is 1. The lowest BCUT2D eigenvalue weighted by atomic mass is 9.67. The van der Waals surface area contributed by atoms with Crippen molar-refractivity contribution in [3.05, 3.63) is 135 Å². The number of aliphatic hydroxyl groups excluding tert-OH is 1. The van der Waals surface area contributed by atoms with Crippen molar-refractivity contribution in [2.45, 2.75) is 43.7 Å². The first-order chi connectivity index (χ1) is 24.6. The first-order valence-corrected chi connectivity index (χ1v) is 16.9. The summed E-state index contributed by atoms with van der Waals surface area (Å²) in [6.45, 7) is 2.51. The van der Waals surface area contributed by atoms with Crippen LogP contribution >= 0.6 is 0 Å². The number of phenols is 2. The molecule has 6 rings (SSSR count). The topological polar surface area (TPSA) is 155 Å². The molecule has 51 heavy (non-hydrogen) atoms. The molecule has 0 aliphatic carbocycles. The fourth-order valence-electron chi connectivity index (χ4n) is 6.84. The molecule has 0 unspecified atom stereocenters. The van der Waals surface area contributed by atoms with Crippen molar-refractivity contribution in [2.75, 3.05) is 33.3 Å². The Balaban J connectivity index is 0.00000162. The number of halogens is 1. The van der Waals surface area contributed by atoms with E-state index in [0.29, 0.717) is 41.8 Å². The van der Waals surface area contributed by atoms with Gasteiger partial charge in [-0.3, -0.25) is 9.59 Å². The molecule has 0 spiro atoms. The molecule has 11 heteroatoms. The number of benzene rings is 4. The minimum atomic E-state index is -0.913. The van der Waals surface area contributed by atoms with Crippen molar-refractivity contribution in [2.24, 2.45) is 0 Å². The number of piperidine rings is 1. The monoisotopic (exact) mass is 697 g/mol. The number of hydrogen-bond acceptors (Lipinski definition) is 8. The van der Waals surface area contributed by atoms with E-state index < -0.39 is 11.9 Å². The lowest BCUT2D eigenvalue weighted by molar-refractivity contribution is -0.122. The lowest BCUT2D eigenvalue weighted by Crippen LogP contribution is -2.41. The van der Waals surface area contributed by atoms with Gasteiger partial charge in [0.25, 0.3) is 6.47 Å². The average molecular weight is 698 g/mol. The molecule has 1 aliphatic rings. The Bertz CT molecular complexity index is 1980. The Kier molecular flexibility index (Phi) is 12.4. The van der Waals surface area contributed by atoms with Crippen LogP contribution < -0.4 is 15.6 Å². The van der Waals surface area contributed by atoms with Gasteiger partial charge in [-0.2, -0.15) is 0 Å². The number of hydrogen-bond donors (Lipinski definition) is 6. The van der Waals surface area contributed by atoms with Crippen LogP contribution in [0.15, 0.2) is 95.8 Å². The van der Waals surface area contributed by atoms with Crippen molar-refractivity contribution in [3.8, 4) is 17.2 Å². The van der Waals surface area contributed by atoms with Crippen LogP contribution in [0.25, 0.3) is 10.9 Å². The number of nitrogens with zero attached hydrogens (tertiary/aromatic N) is 1. The predicted octanol–water partition coefficient (Wildman–Crippen LogP) is 5.63. The highest BCUT2D eigenvalue weighted by Gasteiger charge is 2.39. The van der Waals surface area contributed by atoms with E-state index in [9.17, 15) is 24.5 Å². The number of ether oxygens (including phenoxy) is 1. The van der Waals surface area contributed by atoms with Gasteiger partial charge in [-0.25, -0.2) is 4.39 Å². The van der Waals surface area contributed by atoms with Crippen molar-refractivity contribution in [1.29, 1.82) is 0 Å². The SMILES string of the molecule is CN1CCC(c2ccccc2)(c2cc(CCCOc3ccc(CNC[C@H](O)c4ccc(O)c5[nH]c(=O)ccc45)cc3F)ccc2O)CC1.O=CO. The Hall–Kier alpha value is -5.23. The maximum absolute atomic E-state index is 14.9. The summed E-state index contributed by atoms with van der Waals surface area (Å²) in [7, 11) is 2.14. The Morgan fingerprint density at radius 3 is 2.39 bits per heavy atom. The molecule has 0 amide bonds. The van der Waals surface area contributed by atoms with Crippen molar-refractivity contribution >= 4 is 17.4 Å². The molecule has 4 aromatic carbocycles. The number of likely N-dealkylation sites (tertiary alicyclic amines) is 1. The van der Waals surface area contributed by atoms with Crippen LogP contribution in [0.2, 0.25) is 0 Å². The van der Waals surface area contributed by atoms with Gasteiger partial charge in [-0.15, -0.1) is 0 Å². The Morgan fingerprint density at radius 2 is 1.67 bits per heavy atom. The standard InChI is InChI=1S/C39H42FN3O5.CH2O2/c1-43-19-17-39(18-20-43,28-7-3-2-4-8-28)31-22-26(9-13-33(31)44)6-5-21-48-36-15-10-27(23-32(36)40)24-41-25-35(46)29-11-14-34(45)38-30(29)12-16-37(47)42-38;2-1-3/h2-4,7-16,22-23,35,41,44-46H,5-6,17-21,24-25H2,1H3,(H,42,47);1H,(H,2,3)/t35-;/m0./s1. The maximum atomic E-state index is 14.9. The van der Waals surface area contributed by atoms with E-state index in [1.807, 2.05) is 12.1 Å². The van der Waals surface area contributed by atoms with E-state index in [1.165, 1.54) is 23.8 Å². The molecule has 10 nitrogen and oxygen atoms in total. The summed E-state index contributed by atoms with van der Waals surface area (Å²) in [5.41, 5.74) is 4.24. The lowest BCUT2D eigenvalue weighted by Gasteiger charge is -2.42. The zero-order valence-corrected chi connectivity index (χ0v) is 28.5. The molecule has 268 valence electrons. The second-order valence-electron chi connectivity index (χ2n) is 12.9. The van der Waals surface area contributed by atoms with Gasteiger partial charge < -0.3 is 40.4 Å². The van der Waals surface area contributed by atoms with Gasteiger partial charge >= 0.3 is 0 Å². The third-order valence-corrected chi connectivity index (χ3v) is 9.54. The summed E-state index contributed by atoms with van der Waals surface area (Å²) in [5, 5.41) is 42.5. The second kappa shape index (κ2) is 17.1. The van der Waals surface area contributed by atoms with Crippen LogP contribution in [0.1, 0.15) is 53.2 Å². The number of pyridine rings is 1. The number of fused-ring (bicyclic) bond motifs is 1. The number of carboxylic acid groups (broad SMARTS) is 1. The molecule has 0 radical (unpaired) electrons. The van der Waals surface area contributed by atoms with Crippen molar-refractivity contribution in [3.63, 3.8) is 0 Å². The third-order valence-electron chi connectivity index (χ3n) is 9.54. The molecule has 1 aromatic heterocycles. The van der Waals surface area contributed by atoms with E-state index in [1.54, 1.807) is 30.3 Å². The fourth-order valence-corrected chi connectivity index (χ4v) is 6.84. The quantitative estimate of drug-likeness (QED) is 0.0720. The molecule has 0 bridgehead atoms. The molecule has 0 saturated carbocycles. The van der Waals surface area contributed by atoms with E-state index in [0.717, 1.165) is 43.5 Å². The molecular formula is C40H44FN3O7. The summed E-state index contributed by atoms with van der Waals surface area (Å²) in [6, 6.07) is 27.2. The average Bonchev–Trinajstić information content (AvgIpc) is 3.13. The van der Waals surface area contributed by atoms with Crippen LogP contribution in [-0.4, -0.2) is 70.1 Å². The number of nitrogens with one attached hydrogen (secondary N) is 2. The minimum absolute atomic E-state index is 0.0707. The fraction of sp³-hybridized carbons (Fsp3) is 0.300. The highest BCUT2D eigenvalue weighted by atomic mass is 19.1. The first kappa shape index (κ1) is 37.0. The summed E-state index contributed by atoms with van der Waals surface area (Å²) in [4.78, 5) is 25.0. The molecular weight excluding hydrogens is 653 g/mol. The zero-order chi connectivity index (χ0) is 36.4. The number of rotatable bonds is 12. The number of H-pyrrole nitrogens is 1. The van der Waals surface area contributed by atoms with Gasteiger partial charge in [-0.05, 0) is 98.4 Å². The van der Waals surface area contributed by atoms with Crippen LogP contribution in [0.5, 0.6) is 17.2 Å². The van der Waals surface area contributed by atoms with Gasteiger partial charge in [0.05, 0.1) is 18.2 Å². The molecule has 2 heterocycles. The first-order valence-electron chi connectivity index (χ1n) is 16.9. The van der Waals surface area contributed by atoms with Gasteiger partial charge in [-0.1, -0.05) is 54.6 Å². The number of aromatic hydroxyl groups is 2. The summed E-state index contributed by atoms with van der Waals surface area (Å²) < 4.78 is 20.8. The number of aromatic nitrogens is 1. The molecule has 1 aliphatic heterocycles. The maximum Gasteiger partial charge on any atom is 0.290 e. The van der Waals surface area contributed by atoms with Crippen molar-refractivity contribution in [1.82, 2.24) is 15.2 Å². The van der Waals surface area contributed by atoms with Gasteiger partial charge in [0.2, 0.25) is 5.56 Å². The normalized spacial score (nSPS) is 14.7. The van der Waals surface area contributed by atoms with Gasteiger partial charge in [0.1, 0.15) is 11.5 Å². The summed E-state index contributed by atoms with van der Waals surface area (Å²) in [6.07, 6.45) is 2.36. The zero-order valence-electron chi connectivity index (χ0n) is 28.5. The highest BCUT2D eigenvalue weighted by molar-refractivity contribution is 5.87. The second-order valence-corrected chi connectivity index (χ2v) is 12.9. The summed E-state index contributed by atoms with van der Waals surface area (Å²) in [5.74, 6) is -0.0222. The molecule has 1 fully saturated rings. The van der Waals surface area contributed by atoms with Crippen LogP contribution in [-0.2, 0) is 23.2 Å². The Morgan fingerprint density at radius 1 is 0.961 bits per heavy atom. The highest BCUT2D eigenvalue weighted by Crippen LogP contribution is 2.45. The predicted molar refractivity (Wildman–Crippen MR) is 194 cm³/mol. The van der Waals surface area contributed by atoms with Crippen LogP contribution in [0.3, 0.4) is 0 Å². The van der Waals surface area contributed by atoms with Gasteiger partial charge in [0.15, 0.2) is 11.6 Å². The number of aliphatic hydroxyl groups is 1. The van der Waals surface area contributed by atoms with Crippen LogP contribution in [0, 0.1) is 5.82 Å². The van der Waals surface area contributed by atoms with Crippen molar-refractivity contribution < 1.29 is 34.3 Å². The molecule has 5 aromatic rings. The molecule has 6 N–H and O–H groups in total. The third kappa shape index (κ3) is 8.93. The van der Waals surface area contributed by atoms with Gasteiger partial charge in [0, 0.05) is 35.5 Å². The largest absolute Gasteiger partial charge is 0.508 e. The number of aryl methyl sites for hydroxylation is 1. The Labute approximate surface area is 295 Å². The van der Waals surface area contributed by atoms with E-state index in [4.69, 9.17) is 14.6 Å². The van der Waals surface area contributed by atoms with E-state index >= 15 is 0 Å². The number of carbonyl (C=O) groups is 1. The molecule has 1 atom stereocenters. The smallest absolute Gasteiger partial charge is 0.290 e. The van der Waals surface area contributed by atoms with Crippen LogP contribution in [0.4, 0.5) is 4.39 Å². The molecule has 1 saturated heterocycles. The van der Waals surface area contributed by atoms with E-state index in [-0.39, 0.29) is 41.0 Å². The number of phenolic OH excluding ortho intramolecular Hbond substituents is 2. The minimum Gasteiger partial charge on any atom is -0.508 e.